The van der Waals surface area contributed by atoms with Crippen molar-refractivity contribution < 1.29 is 9.53 Å². The average Bonchev–Trinajstić information content (AvgIpc) is 2.71. The minimum absolute atomic E-state index is 0.320. The fourth-order valence-corrected chi connectivity index (χ4v) is 1.82. The lowest BCUT2D eigenvalue weighted by Gasteiger charge is -2.11. The molecule has 2 rings (SSSR count). The van der Waals surface area contributed by atoms with Crippen LogP contribution in [0.1, 0.15) is 16.1 Å². The van der Waals surface area contributed by atoms with Crippen LogP contribution in [0.15, 0.2) is 24.4 Å². The van der Waals surface area contributed by atoms with Gasteiger partial charge in [-0.1, -0.05) is 6.07 Å². The number of carbonyl (C=O) groups excluding carboxylic acids is 1. The highest BCUT2D eigenvalue weighted by Crippen LogP contribution is 2.26. The Kier molecular flexibility index (Phi) is 3.41. The van der Waals surface area contributed by atoms with Gasteiger partial charge in [0.1, 0.15) is 11.4 Å². The van der Waals surface area contributed by atoms with Gasteiger partial charge >= 0.3 is 0 Å². The SMILES string of the molecule is COc1cc(C)ccc1NC(=O)c1c(N)cnn1C. The van der Waals surface area contributed by atoms with E-state index in [2.05, 4.69) is 10.4 Å². The van der Waals surface area contributed by atoms with Gasteiger partial charge < -0.3 is 15.8 Å². The van der Waals surface area contributed by atoms with E-state index in [0.717, 1.165) is 5.56 Å². The van der Waals surface area contributed by atoms with Gasteiger partial charge in [0.25, 0.3) is 5.91 Å². The van der Waals surface area contributed by atoms with Gasteiger partial charge in [-0.2, -0.15) is 5.10 Å². The third kappa shape index (κ3) is 2.52. The summed E-state index contributed by atoms with van der Waals surface area (Å²) in [4.78, 5) is 12.2. The van der Waals surface area contributed by atoms with Crippen molar-refractivity contribution in [3.63, 3.8) is 0 Å². The van der Waals surface area contributed by atoms with E-state index in [9.17, 15) is 4.79 Å². The fraction of sp³-hybridized carbons (Fsp3) is 0.231. The number of benzene rings is 1. The second kappa shape index (κ2) is 5.01. The van der Waals surface area contributed by atoms with Crippen LogP contribution in [0.4, 0.5) is 11.4 Å². The molecule has 1 heterocycles. The van der Waals surface area contributed by atoms with E-state index >= 15 is 0 Å². The summed E-state index contributed by atoms with van der Waals surface area (Å²) in [6.07, 6.45) is 1.45. The molecule has 0 unspecified atom stereocenters. The summed E-state index contributed by atoms with van der Waals surface area (Å²) in [5, 5.41) is 6.70. The van der Waals surface area contributed by atoms with Crippen LogP contribution in [0.3, 0.4) is 0 Å². The molecule has 100 valence electrons. The maximum Gasteiger partial charge on any atom is 0.276 e. The predicted octanol–water partition coefficient (Wildman–Crippen LogP) is 1.57. The van der Waals surface area contributed by atoms with Crippen LogP contribution in [0.5, 0.6) is 5.75 Å². The van der Waals surface area contributed by atoms with Gasteiger partial charge in [0, 0.05) is 7.05 Å². The molecular weight excluding hydrogens is 244 g/mol. The molecule has 6 heteroatoms. The first-order valence-electron chi connectivity index (χ1n) is 5.76. The Hall–Kier alpha value is -2.50. The first-order valence-corrected chi connectivity index (χ1v) is 5.76. The maximum absolute atomic E-state index is 12.2. The Morgan fingerprint density at radius 1 is 1.47 bits per heavy atom. The number of amides is 1. The summed E-state index contributed by atoms with van der Waals surface area (Å²) in [6.45, 7) is 1.95. The van der Waals surface area contributed by atoms with E-state index in [0.29, 0.717) is 22.8 Å². The standard InChI is InChI=1S/C13H16N4O2/c1-8-4-5-10(11(6-8)19-3)16-13(18)12-9(14)7-15-17(12)2/h4-7H,14H2,1-3H3,(H,16,18). The smallest absolute Gasteiger partial charge is 0.276 e. The Balaban J connectivity index is 2.29. The lowest BCUT2D eigenvalue weighted by atomic mass is 10.2. The summed E-state index contributed by atoms with van der Waals surface area (Å²) < 4.78 is 6.67. The predicted molar refractivity (Wildman–Crippen MR) is 73.3 cm³/mol. The zero-order chi connectivity index (χ0) is 14.0. The average molecular weight is 260 g/mol. The van der Waals surface area contributed by atoms with Crippen LogP contribution in [-0.4, -0.2) is 22.8 Å². The van der Waals surface area contributed by atoms with Crippen molar-refractivity contribution in [2.24, 2.45) is 7.05 Å². The van der Waals surface area contributed by atoms with Gasteiger partial charge in [0.15, 0.2) is 0 Å². The normalized spacial score (nSPS) is 10.3. The molecule has 0 bridgehead atoms. The molecule has 0 aliphatic carbocycles. The number of hydrogen-bond donors (Lipinski definition) is 2. The van der Waals surface area contributed by atoms with Crippen LogP contribution >= 0.6 is 0 Å². The molecular formula is C13H16N4O2. The zero-order valence-corrected chi connectivity index (χ0v) is 11.1. The van der Waals surface area contributed by atoms with Gasteiger partial charge in [0.2, 0.25) is 0 Å². The molecule has 0 atom stereocenters. The largest absolute Gasteiger partial charge is 0.495 e. The van der Waals surface area contributed by atoms with Crippen molar-refractivity contribution >= 4 is 17.3 Å². The third-order valence-corrected chi connectivity index (χ3v) is 2.79. The number of nitrogen functional groups attached to an aromatic ring is 1. The quantitative estimate of drug-likeness (QED) is 0.877. The lowest BCUT2D eigenvalue weighted by molar-refractivity contribution is 0.101. The number of hydrogen-bond acceptors (Lipinski definition) is 4. The van der Waals surface area contributed by atoms with E-state index in [1.54, 1.807) is 20.2 Å². The maximum atomic E-state index is 12.2. The minimum Gasteiger partial charge on any atom is -0.495 e. The Bertz CT molecular complexity index is 600. The van der Waals surface area contributed by atoms with Gasteiger partial charge in [-0.15, -0.1) is 0 Å². The second-order valence-electron chi connectivity index (χ2n) is 4.23. The molecule has 0 spiro atoms. The van der Waals surface area contributed by atoms with E-state index in [4.69, 9.17) is 10.5 Å². The number of methoxy groups -OCH3 is 1. The lowest BCUT2D eigenvalue weighted by Crippen LogP contribution is -2.18. The fourth-order valence-electron chi connectivity index (χ4n) is 1.82. The topological polar surface area (TPSA) is 82.2 Å². The second-order valence-corrected chi connectivity index (χ2v) is 4.23. The summed E-state index contributed by atoms with van der Waals surface area (Å²) in [6, 6.07) is 5.53. The molecule has 3 N–H and O–H groups in total. The number of anilines is 2. The monoisotopic (exact) mass is 260 g/mol. The molecule has 1 aromatic carbocycles. The first kappa shape index (κ1) is 12.9. The highest BCUT2D eigenvalue weighted by Gasteiger charge is 2.16. The summed E-state index contributed by atoms with van der Waals surface area (Å²) in [5.41, 5.74) is 8.02. The molecule has 0 fully saturated rings. The van der Waals surface area contributed by atoms with Gasteiger partial charge in [0.05, 0.1) is 24.7 Å². The number of carbonyl (C=O) groups is 1. The molecule has 0 saturated carbocycles. The van der Waals surface area contributed by atoms with Gasteiger partial charge in [-0.3, -0.25) is 9.48 Å². The van der Waals surface area contributed by atoms with E-state index in [1.165, 1.54) is 10.9 Å². The highest BCUT2D eigenvalue weighted by molar-refractivity contribution is 6.07. The van der Waals surface area contributed by atoms with Crippen LogP contribution in [0.2, 0.25) is 0 Å². The Labute approximate surface area is 111 Å². The molecule has 0 saturated heterocycles. The van der Waals surface area contributed by atoms with Crippen LogP contribution in [0, 0.1) is 6.92 Å². The number of nitrogens with one attached hydrogen (secondary N) is 1. The van der Waals surface area contributed by atoms with E-state index < -0.39 is 0 Å². The number of aryl methyl sites for hydroxylation is 2. The molecule has 0 aliphatic heterocycles. The van der Waals surface area contributed by atoms with Gasteiger partial charge in [-0.05, 0) is 24.6 Å². The van der Waals surface area contributed by atoms with Crippen molar-refractivity contribution in [1.29, 1.82) is 0 Å². The molecule has 1 aromatic heterocycles. The van der Waals surface area contributed by atoms with Crippen molar-refractivity contribution in [2.75, 3.05) is 18.2 Å². The summed E-state index contributed by atoms with van der Waals surface area (Å²) in [7, 11) is 3.22. The number of nitrogens with two attached hydrogens (primary N) is 1. The number of aromatic nitrogens is 2. The number of nitrogens with zero attached hydrogens (tertiary/aromatic N) is 2. The van der Waals surface area contributed by atoms with Crippen LogP contribution in [-0.2, 0) is 7.05 Å². The molecule has 6 nitrogen and oxygen atoms in total. The molecule has 0 radical (unpaired) electrons. The summed E-state index contributed by atoms with van der Waals surface area (Å²) in [5.74, 6) is 0.286. The third-order valence-electron chi connectivity index (χ3n) is 2.79. The Morgan fingerprint density at radius 3 is 2.79 bits per heavy atom. The van der Waals surface area contributed by atoms with Crippen molar-refractivity contribution in [2.45, 2.75) is 6.92 Å². The van der Waals surface area contributed by atoms with Crippen molar-refractivity contribution in [3.8, 4) is 5.75 Å². The number of ether oxygens (including phenoxy) is 1. The molecule has 19 heavy (non-hydrogen) atoms. The molecule has 1 amide bonds. The molecule has 2 aromatic rings. The first-order chi connectivity index (χ1) is 9.02. The minimum atomic E-state index is -0.320. The van der Waals surface area contributed by atoms with Crippen LogP contribution in [0.25, 0.3) is 0 Å². The van der Waals surface area contributed by atoms with E-state index in [-0.39, 0.29) is 5.91 Å². The summed E-state index contributed by atoms with van der Waals surface area (Å²) >= 11 is 0. The van der Waals surface area contributed by atoms with E-state index in [1.807, 2.05) is 19.1 Å². The number of rotatable bonds is 3. The van der Waals surface area contributed by atoms with Gasteiger partial charge in [-0.25, -0.2) is 0 Å². The Morgan fingerprint density at radius 2 is 2.21 bits per heavy atom. The van der Waals surface area contributed by atoms with Crippen molar-refractivity contribution in [1.82, 2.24) is 9.78 Å². The molecule has 0 aliphatic rings. The van der Waals surface area contributed by atoms with Crippen molar-refractivity contribution in [3.05, 3.63) is 35.7 Å². The zero-order valence-electron chi connectivity index (χ0n) is 11.1. The highest BCUT2D eigenvalue weighted by atomic mass is 16.5. The van der Waals surface area contributed by atoms with Crippen LogP contribution < -0.4 is 15.8 Å².